The second-order valence-corrected chi connectivity index (χ2v) is 8.17. The van der Waals surface area contributed by atoms with Gasteiger partial charge >= 0.3 is 6.01 Å². The molecular weight excluding hydrogens is 448 g/mol. The third kappa shape index (κ3) is 6.20. The van der Waals surface area contributed by atoms with Crippen LogP contribution in [0.3, 0.4) is 0 Å². The maximum atomic E-state index is 12.7. The first-order valence-corrected chi connectivity index (χ1v) is 11.0. The Morgan fingerprint density at radius 1 is 0.939 bits per heavy atom. The number of rotatable bonds is 10. The minimum atomic E-state index is -3.92. The van der Waals surface area contributed by atoms with Crippen LogP contribution in [-0.4, -0.2) is 45.5 Å². The molecule has 0 spiro atoms. The standard InChI is InChI=1S/C22H22N4O6S/c1-30-17-6-4-5-15(13-17)19(27)11-12-23-16-7-9-18(10-8-16)33(28,29)26-20-14-21(31-2)25-22(24-20)32-3/h4-14,23H,1-3H3,(H,24,25,26)/b12-11+. The molecule has 3 rings (SSSR count). The zero-order valence-electron chi connectivity index (χ0n) is 18.1. The largest absolute Gasteiger partial charge is 0.497 e. The summed E-state index contributed by atoms with van der Waals surface area (Å²) in [6.07, 6.45) is 2.85. The number of nitrogens with one attached hydrogen (secondary N) is 2. The van der Waals surface area contributed by atoms with Gasteiger partial charge in [-0.3, -0.25) is 9.52 Å². The highest BCUT2D eigenvalue weighted by molar-refractivity contribution is 7.92. The second kappa shape index (κ2) is 10.5. The van der Waals surface area contributed by atoms with Gasteiger partial charge in [-0.05, 0) is 36.4 Å². The van der Waals surface area contributed by atoms with E-state index in [0.29, 0.717) is 17.0 Å². The molecule has 0 fully saturated rings. The summed E-state index contributed by atoms with van der Waals surface area (Å²) in [7, 11) is 0.362. The summed E-state index contributed by atoms with van der Waals surface area (Å²) in [6.45, 7) is 0. The van der Waals surface area contributed by atoms with E-state index >= 15 is 0 Å². The number of hydrogen-bond acceptors (Lipinski definition) is 9. The molecule has 0 amide bonds. The number of hydrogen-bond donors (Lipinski definition) is 2. The number of sulfonamides is 1. The van der Waals surface area contributed by atoms with Gasteiger partial charge in [-0.15, -0.1) is 0 Å². The maximum absolute atomic E-state index is 12.7. The summed E-state index contributed by atoms with van der Waals surface area (Å²) < 4.78 is 42.8. The molecule has 11 heteroatoms. The van der Waals surface area contributed by atoms with Crippen LogP contribution in [0.25, 0.3) is 0 Å². The molecule has 0 bridgehead atoms. The van der Waals surface area contributed by atoms with Crippen LogP contribution in [0.15, 0.2) is 71.8 Å². The third-order valence-corrected chi connectivity index (χ3v) is 5.69. The van der Waals surface area contributed by atoms with Gasteiger partial charge < -0.3 is 19.5 Å². The highest BCUT2D eigenvalue weighted by Gasteiger charge is 2.16. The van der Waals surface area contributed by atoms with Gasteiger partial charge in [0.2, 0.25) is 5.88 Å². The molecule has 0 aliphatic carbocycles. The van der Waals surface area contributed by atoms with E-state index in [1.807, 2.05) is 0 Å². The van der Waals surface area contributed by atoms with Crippen molar-refractivity contribution in [3.63, 3.8) is 0 Å². The van der Waals surface area contributed by atoms with E-state index in [1.54, 1.807) is 36.4 Å². The van der Waals surface area contributed by atoms with E-state index in [0.717, 1.165) is 0 Å². The van der Waals surface area contributed by atoms with Gasteiger partial charge in [0.25, 0.3) is 10.0 Å². The average Bonchev–Trinajstić information content (AvgIpc) is 2.83. The lowest BCUT2D eigenvalue weighted by Crippen LogP contribution is -2.14. The molecule has 0 aliphatic heterocycles. The summed E-state index contributed by atoms with van der Waals surface area (Å²) in [4.78, 5) is 20.1. The number of ketones is 1. The molecule has 0 radical (unpaired) electrons. The third-order valence-electron chi connectivity index (χ3n) is 4.32. The molecule has 33 heavy (non-hydrogen) atoms. The number of ether oxygens (including phenoxy) is 3. The van der Waals surface area contributed by atoms with Crippen LogP contribution in [0.2, 0.25) is 0 Å². The monoisotopic (exact) mass is 470 g/mol. The molecule has 2 N–H and O–H groups in total. The van der Waals surface area contributed by atoms with Crippen molar-refractivity contribution in [3.8, 4) is 17.6 Å². The van der Waals surface area contributed by atoms with Crippen LogP contribution >= 0.6 is 0 Å². The van der Waals surface area contributed by atoms with Gasteiger partial charge in [0.05, 0.1) is 26.2 Å². The van der Waals surface area contributed by atoms with Crippen molar-refractivity contribution in [1.29, 1.82) is 0 Å². The van der Waals surface area contributed by atoms with Gasteiger partial charge in [-0.2, -0.15) is 9.97 Å². The molecule has 0 saturated carbocycles. The van der Waals surface area contributed by atoms with Crippen LogP contribution in [0.1, 0.15) is 10.4 Å². The van der Waals surface area contributed by atoms with Crippen LogP contribution < -0.4 is 24.2 Å². The topological polar surface area (TPSA) is 129 Å². The average molecular weight is 471 g/mol. The Hall–Kier alpha value is -4.12. The van der Waals surface area contributed by atoms with Gasteiger partial charge in [-0.25, -0.2) is 8.42 Å². The smallest absolute Gasteiger partial charge is 0.321 e. The highest BCUT2D eigenvalue weighted by Crippen LogP contribution is 2.21. The van der Waals surface area contributed by atoms with Crippen LogP contribution in [0.4, 0.5) is 11.5 Å². The van der Waals surface area contributed by atoms with Crippen LogP contribution in [0.5, 0.6) is 17.6 Å². The molecule has 0 saturated heterocycles. The lowest BCUT2D eigenvalue weighted by Gasteiger charge is -2.10. The summed E-state index contributed by atoms with van der Waals surface area (Å²) in [5, 5.41) is 2.93. The Morgan fingerprint density at radius 2 is 1.70 bits per heavy atom. The zero-order valence-corrected chi connectivity index (χ0v) is 18.9. The van der Waals surface area contributed by atoms with E-state index in [1.165, 1.54) is 51.8 Å². The van der Waals surface area contributed by atoms with Gasteiger partial charge in [0.15, 0.2) is 11.6 Å². The number of aromatic nitrogens is 2. The fourth-order valence-electron chi connectivity index (χ4n) is 2.67. The summed E-state index contributed by atoms with van der Waals surface area (Å²) in [6, 6.07) is 14.1. The minimum absolute atomic E-state index is 0.000102. The predicted octanol–water partition coefficient (Wildman–Crippen LogP) is 3.11. The van der Waals surface area contributed by atoms with Crippen molar-refractivity contribution in [2.24, 2.45) is 0 Å². The number of carbonyl (C=O) groups is 1. The molecule has 0 atom stereocenters. The van der Waals surface area contributed by atoms with Crippen molar-refractivity contribution in [3.05, 3.63) is 72.4 Å². The normalized spacial score (nSPS) is 11.1. The van der Waals surface area contributed by atoms with E-state index in [2.05, 4.69) is 20.0 Å². The first kappa shape index (κ1) is 23.5. The Kier molecular flexibility index (Phi) is 7.46. The van der Waals surface area contributed by atoms with Crippen molar-refractivity contribution in [1.82, 2.24) is 9.97 Å². The predicted molar refractivity (Wildman–Crippen MR) is 122 cm³/mol. The molecule has 1 heterocycles. The Balaban J connectivity index is 1.66. The number of benzene rings is 2. The quantitative estimate of drug-likeness (QED) is 0.339. The van der Waals surface area contributed by atoms with Crippen molar-refractivity contribution >= 4 is 27.3 Å². The molecule has 3 aromatic rings. The number of methoxy groups -OCH3 is 3. The Morgan fingerprint density at radius 3 is 2.36 bits per heavy atom. The molecule has 0 aliphatic rings. The lowest BCUT2D eigenvalue weighted by molar-refractivity contribution is 0.104. The van der Waals surface area contributed by atoms with E-state index in [-0.39, 0.29) is 28.4 Å². The minimum Gasteiger partial charge on any atom is -0.497 e. The van der Waals surface area contributed by atoms with E-state index in [4.69, 9.17) is 14.2 Å². The fraction of sp³-hybridized carbons (Fsp3) is 0.136. The molecule has 2 aromatic carbocycles. The van der Waals surface area contributed by atoms with E-state index < -0.39 is 10.0 Å². The fourth-order valence-corrected chi connectivity index (χ4v) is 3.66. The summed E-state index contributed by atoms with van der Waals surface area (Å²) in [5.74, 6) is 0.529. The van der Waals surface area contributed by atoms with E-state index in [9.17, 15) is 13.2 Å². The van der Waals surface area contributed by atoms with Gasteiger partial charge in [-0.1, -0.05) is 12.1 Å². The first-order valence-electron chi connectivity index (χ1n) is 9.56. The number of nitrogens with zero attached hydrogens (tertiary/aromatic N) is 2. The van der Waals surface area contributed by atoms with Gasteiger partial charge in [0, 0.05) is 29.6 Å². The van der Waals surface area contributed by atoms with Crippen molar-refractivity contribution < 1.29 is 27.4 Å². The summed E-state index contributed by atoms with van der Waals surface area (Å²) >= 11 is 0. The van der Waals surface area contributed by atoms with Crippen molar-refractivity contribution in [2.45, 2.75) is 4.90 Å². The molecule has 172 valence electrons. The number of anilines is 2. The maximum Gasteiger partial charge on any atom is 0.321 e. The summed E-state index contributed by atoms with van der Waals surface area (Å²) in [5.41, 5.74) is 1.08. The Labute approximate surface area is 191 Å². The molecule has 0 unspecified atom stereocenters. The SMILES string of the molecule is COc1cccc(C(=O)/C=C/Nc2ccc(S(=O)(=O)Nc3cc(OC)nc(OC)n3)cc2)c1. The first-order chi connectivity index (χ1) is 15.8. The molecule has 10 nitrogen and oxygen atoms in total. The lowest BCUT2D eigenvalue weighted by atomic mass is 10.1. The van der Waals surface area contributed by atoms with Crippen LogP contribution in [0, 0.1) is 0 Å². The highest BCUT2D eigenvalue weighted by atomic mass is 32.2. The number of allylic oxidation sites excluding steroid dienone is 1. The Bertz CT molecular complexity index is 1240. The zero-order chi connectivity index (χ0) is 23.8. The van der Waals surface area contributed by atoms with Crippen molar-refractivity contribution in [2.75, 3.05) is 31.4 Å². The van der Waals surface area contributed by atoms with Crippen LogP contribution in [-0.2, 0) is 10.0 Å². The molecular formula is C22H22N4O6S. The van der Waals surface area contributed by atoms with Gasteiger partial charge in [0.1, 0.15) is 5.75 Å². The molecule has 1 aromatic heterocycles. The number of carbonyl (C=O) groups excluding carboxylic acids is 1. The second-order valence-electron chi connectivity index (χ2n) is 6.49.